The van der Waals surface area contributed by atoms with E-state index in [1.807, 2.05) is 6.07 Å². The Hall–Kier alpha value is -3.25. The zero-order valence-electron chi connectivity index (χ0n) is 18.0. The minimum atomic E-state index is 0.153. The molecule has 32 heavy (non-hydrogen) atoms. The smallest absolute Gasteiger partial charge is 0.169 e. The van der Waals surface area contributed by atoms with E-state index >= 15 is 0 Å². The molecule has 0 atom stereocenters. The summed E-state index contributed by atoms with van der Waals surface area (Å²) in [5.41, 5.74) is 12.8. The van der Waals surface area contributed by atoms with E-state index in [9.17, 15) is 4.79 Å². The molecule has 6 rings (SSSR count). The average molecular weight is 426 g/mol. The van der Waals surface area contributed by atoms with Crippen molar-refractivity contribution >= 4 is 33.4 Å². The molecule has 0 saturated heterocycles. The third kappa shape index (κ3) is 3.54. The molecule has 0 radical (unpaired) electrons. The first-order valence-corrected chi connectivity index (χ1v) is 11.6. The minimum absolute atomic E-state index is 0.153. The number of anilines is 1. The molecule has 0 bridgehead atoms. The Labute approximate surface area is 186 Å². The predicted octanol–water partition coefficient (Wildman–Crippen LogP) is 5.05. The zero-order chi connectivity index (χ0) is 21.7. The van der Waals surface area contributed by atoms with Crippen molar-refractivity contribution in [3.63, 3.8) is 0 Å². The second-order valence-corrected chi connectivity index (χ2v) is 9.31. The molecule has 2 aliphatic rings. The van der Waals surface area contributed by atoms with Crippen LogP contribution in [0.5, 0.6) is 0 Å². The highest BCUT2D eigenvalue weighted by Crippen LogP contribution is 2.38. The Morgan fingerprint density at radius 3 is 2.53 bits per heavy atom. The van der Waals surface area contributed by atoms with Gasteiger partial charge in [0.1, 0.15) is 0 Å². The second kappa shape index (κ2) is 7.71. The third-order valence-corrected chi connectivity index (χ3v) is 6.96. The number of benzene rings is 2. The largest absolute Gasteiger partial charge is 0.381 e. The third-order valence-electron chi connectivity index (χ3n) is 6.96. The Bertz CT molecular complexity index is 1310. The van der Waals surface area contributed by atoms with E-state index in [-0.39, 0.29) is 11.7 Å². The number of carbonyl (C=O) groups is 1. The van der Waals surface area contributed by atoms with Gasteiger partial charge in [-0.15, -0.1) is 0 Å². The van der Waals surface area contributed by atoms with Crippen LogP contribution >= 0.6 is 0 Å². The van der Waals surface area contributed by atoms with Crippen LogP contribution in [0, 0.1) is 5.92 Å². The van der Waals surface area contributed by atoms with Gasteiger partial charge in [0.2, 0.25) is 0 Å². The second-order valence-electron chi connectivity index (χ2n) is 9.31. The summed E-state index contributed by atoms with van der Waals surface area (Å²) in [7, 11) is 0. The molecule has 6 nitrogen and oxygen atoms in total. The molecular formula is C26H27N5O. The van der Waals surface area contributed by atoms with Crippen molar-refractivity contribution in [1.29, 1.82) is 0 Å². The SMILES string of the molecule is N[C@H]1CC[C@@H](Nc2c(C(=O)C3CC3)cnc3ccc(-c4ccc5[nH]cnc5c4)cc23)CC1. The van der Waals surface area contributed by atoms with Crippen LogP contribution in [0.15, 0.2) is 48.9 Å². The number of hydrogen-bond donors (Lipinski definition) is 3. The summed E-state index contributed by atoms with van der Waals surface area (Å²) >= 11 is 0. The number of pyridine rings is 1. The predicted molar refractivity (Wildman–Crippen MR) is 128 cm³/mol. The van der Waals surface area contributed by atoms with Crippen molar-refractivity contribution in [3.8, 4) is 11.1 Å². The van der Waals surface area contributed by atoms with Gasteiger partial charge in [0.15, 0.2) is 5.78 Å². The molecule has 162 valence electrons. The molecule has 2 fully saturated rings. The highest BCUT2D eigenvalue weighted by molar-refractivity contribution is 6.10. The zero-order valence-corrected chi connectivity index (χ0v) is 18.0. The number of rotatable bonds is 5. The van der Waals surface area contributed by atoms with E-state index in [4.69, 9.17) is 5.73 Å². The molecule has 2 aromatic heterocycles. The summed E-state index contributed by atoms with van der Waals surface area (Å²) in [5.74, 6) is 0.373. The lowest BCUT2D eigenvalue weighted by atomic mass is 9.91. The van der Waals surface area contributed by atoms with E-state index in [1.165, 1.54) is 0 Å². The molecule has 0 unspecified atom stereocenters. The average Bonchev–Trinajstić information content (AvgIpc) is 3.57. The van der Waals surface area contributed by atoms with Crippen molar-refractivity contribution in [3.05, 3.63) is 54.5 Å². The standard InChI is InChI=1S/C26H27N5O/c27-18-5-7-19(8-6-18)31-25-20-11-16(17-4-10-23-24(12-17)30-14-29-23)3-9-22(20)28-13-21(25)26(32)15-1-2-15/h3-4,9-15,18-19H,1-2,5-8,27H2,(H,28,31)(H,29,30)/t18-,19+. The maximum atomic E-state index is 13.1. The number of ketones is 1. The summed E-state index contributed by atoms with van der Waals surface area (Å²) in [6, 6.07) is 13.2. The molecule has 2 aromatic carbocycles. The molecular weight excluding hydrogens is 398 g/mol. The molecule has 0 spiro atoms. The summed E-state index contributed by atoms with van der Waals surface area (Å²) in [4.78, 5) is 25.3. The van der Waals surface area contributed by atoms with E-state index in [2.05, 4.69) is 50.6 Å². The lowest BCUT2D eigenvalue weighted by Crippen LogP contribution is -2.33. The van der Waals surface area contributed by atoms with Gasteiger partial charge in [-0.25, -0.2) is 4.98 Å². The number of imidazole rings is 1. The number of nitrogens with two attached hydrogens (primary N) is 1. The Balaban J connectivity index is 1.46. The number of Topliss-reactive ketones (excluding diaryl/α,β-unsaturated/α-hetero) is 1. The van der Waals surface area contributed by atoms with E-state index in [1.54, 1.807) is 12.5 Å². The van der Waals surface area contributed by atoms with Gasteiger partial charge in [-0.05, 0) is 73.9 Å². The highest BCUT2D eigenvalue weighted by Gasteiger charge is 2.33. The number of aromatic nitrogens is 3. The van der Waals surface area contributed by atoms with Gasteiger partial charge in [-0.1, -0.05) is 12.1 Å². The van der Waals surface area contributed by atoms with Crippen LogP contribution < -0.4 is 11.1 Å². The van der Waals surface area contributed by atoms with Gasteiger partial charge < -0.3 is 16.0 Å². The molecule has 4 aromatic rings. The normalized spacial score (nSPS) is 21.2. The van der Waals surface area contributed by atoms with Gasteiger partial charge in [-0.3, -0.25) is 9.78 Å². The summed E-state index contributed by atoms with van der Waals surface area (Å²) in [5, 5.41) is 4.75. The monoisotopic (exact) mass is 425 g/mol. The number of hydrogen-bond acceptors (Lipinski definition) is 5. The Morgan fingerprint density at radius 2 is 1.72 bits per heavy atom. The van der Waals surface area contributed by atoms with Gasteiger partial charge in [0.25, 0.3) is 0 Å². The Morgan fingerprint density at radius 1 is 0.938 bits per heavy atom. The fraction of sp³-hybridized carbons (Fsp3) is 0.346. The maximum Gasteiger partial charge on any atom is 0.169 e. The fourth-order valence-corrected chi connectivity index (χ4v) is 4.86. The van der Waals surface area contributed by atoms with E-state index < -0.39 is 0 Å². The number of H-pyrrole nitrogens is 1. The number of nitrogens with zero attached hydrogens (tertiary/aromatic N) is 2. The number of aromatic amines is 1. The topological polar surface area (TPSA) is 96.7 Å². The van der Waals surface area contributed by atoms with Crippen molar-refractivity contribution in [1.82, 2.24) is 15.0 Å². The van der Waals surface area contributed by atoms with Crippen molar-refractivity contribution in [2.24, 2.45) is 11.7 Å². The van der Waals surface area contributed by atoms with E-state index in [0.717, 1.165) is 82.8 Å². The van der Waals surface area contributed by atoms with Gasteiger partial charge in [0.05, 0.1) is 34.1 Å². The number of nitrogens with one attached hydrogen (secondary N) is 2. The van der Waals surface area contributed by atoms with Gasteiger partial charge in [-0.2, -0.15) is 0 Å². The first-order chi connectivity index (χ1) is 15.7. The quantitative estimate of drug-likeness (QED) is 0.389. The van der Waals surface area contributed by atoms with Gasteiger partial charge in [0, 0.05) is 29.6 Å². The molecule has 0 aliphatic heterocycles. The van der Waals surface area contributed by atoms with Crippen LogP contribution in [0.25, 0.3) is 33.1 Å². The minimum Gasteiger partial charge on any atom is -0.381 e. The first kappa shape index (κ1) is 19.4. The highest BCUT2D eigenvalue weighted by atomic mass is 16.1. The van der Waals surface area contributed by atoms with Crippen LogP contribution in [0.4, 0.5) is 5.69 Å². The van der Waals surface area contributed by atoms with Crippen LogP contribution in [0.1, 0.15) is 48.9 Å². The number of carbonyl (C=O) groups excluding carboxylic acids is 1. The van der Waals surface area contributed by atoms with Crippen LogP contribution in [-0.2, 0) is 0 Å². The molecule has 0 amide bonds. The first-order valence-electron chi connectivity index (χ1n) is 11.6. The molecule has 2 heterocycles. The molecule has 2 saturated carbocycles. The van der Waals surface area contributed by atoms with Crippen molar-refractivity contribution in [2.75, 3.05) is 5.32 Å². The van der Waals surface area contributed by atoms with Crippen LogP contribution in [0.2, 0.25) is 0 Å². The molecule has 4 N–H and O–H groups in total. The van der Waals surface area contributed by atoms with Crippen molar-refractivity contribution < 1.29 is 4.79 Å². The lowest BCUT2D eigenvalue weighted by molar-refractivity contribution is 0.0968. The lowest BCUT2D eigenvalue weighted by Gasteiger charge is -2.29. The van der Waals surface area contributed by atoms with E-state index in [0.29, 0.717) is 12.1 Å². The number of fused-ring (bicyclic) bond motifs is 2. The maximum absolute atomic E-state index is 13.1. The summed E-state index contributed by atoms with van der Waals surface area (Å²) < 4.78 is 0. The molecule has 2 aliphatic carbocycles. The fourth-order valence-electron chi connectivity index (χ4n) is 4.86. The summed E-state index contributed by atoms with van der Waals surface area (Å²) in [6.45, 7) is 0. The van der Waals surface area contributed by atoms with Gasteiger partial charge >= 0.3 is 0 Å². The van der Waals surface area contributed by atoms with Crippen molar-refractivity contribution in [2.45, 2.75) is 50.6 Å². The van der Waals surface area contributed by atoms with Crippen LogP contribution in [-0.4, -0.2) is 32.8 Å². The van der Waals surface area contributed by atoms with Crippen LogP contribution in [0.3, 0.4) is 0 Å². The Kier molecular flexibility index (Phi) is 4.68. The summed E-state index contributed by atoms with van der Waals surface area (Å²) in [6.07, 6.45) is 9.54. The molecule has 6 heteroatoms.